The molecule has 0 saturated carbocycles. The van der Waals surface area contributed by atoms with Crippen molar-refractivity contribution in [3.8, 4) is 17.1 Å². The van der Waals surface area contributed by atoms with E-state index in [1.54, 1.807) is 18.3 Å². The maximum absolute atomic E-state index is 9.44. The van der Waals surface area contributed by atoms with E-state index >= 15 is 0 Å². The second-order valence-electron chi connectivity index (χ2n) is 6.10. The topological polar surface area (TPSA) is 46.0 Å². The van der Waals surface area contributed by atoms with Crippen LogP contribution in [-0.2, 0) is 21.1 Å². The molecule has 0 aliphatic heterocycles. The average molecular weight is 550 g/mol. The summed E-state index contributed by atoms with van der Waals surface area (Å²) in [4.78, 5) is 8.79. The Morgan fingerprint density at radius 2 is 1.61 bits per heavy atom. The Morgan fingerprint density at radius 3 is 2.09 bits per heavy atom. The fourth-order valence-corrected chi connectivity index (χ4v) is 7.57. The van der Waals surface area contributed by atoms with E-state index in [4.69, 9.17) is 23.2 Å². The molecule has 128 valence electrons. The van der Waals surface area contributed by atoms with E-state index in [2.05, 4.69) is 37.7 Å². The maximum Gasteiger partial charge on any atom is 0.133 e. The average Bonchev–Trinajstić information content (AvgIpc) is 2.44. The van der Waals surface area contributed by atoms with Crippen molar-refractivity contribution in [1.82, 2.24) is 9.97 Å². The first-order valence-corrected chi connectivity index (χ1v) is 9.98. The zero-order valence-corrected chi connectivity index (χ0v) is 18.4. The summed E-state index contributed by atoms with van der Waals surface area (Å²) in [5.74, 6) is 0.131. The monoisotopic (exact) mass is 549 g/mol. The van der Waals surface area contributed by atoms with Crippen LogP contribution in [0.15, 0.2) is 24.5 Å². The molecule has 2 rings (SSSR count). The third kappa shape index (κ3) is 4.57. The predicted octanol–water partition coefficient (Wildman–Crippen LogP) is 4.41. The number of hydrogen-bond acceptors (Lipinski definition) is 3. The molecule has 0 fully saturated rings. The Kier molecular flexibility index (Phi) is 7.73. The summed E-state index contributed by atoms with van der Waals surface area (Å²) in [7, 11) is -1.41. The molecule has 0 atom stereocenters. The number of aromatic nitrogens is 2. The standard InChI is InChI=1S/C16H20Cl2N2OSi.Pt/c1-9(2)22(10(3)4)16-14(18)12(17)8-20-15(16)13-6-5-11(21)7-19-13;/h5-10,21-22H,1-4H3;. The van der Waals surface area contributed by atoms with Gasteiger partial charge in [0.05, 0.1) is 36.4 Å². The molecule has 0 amide bonds. The van der Waals surface area contributed by atoms with E-state index in [0.717, 1.165) is 10.9 Å². The van der Waals surface area contributed by atoms with Gasteiger partial charge in [-0.25, -0.2) is 0 Å². The number of halogens is 2. The second-order valence-corrected chi connectivity index (χ2v) is 11.2. The molecule has 2 aromatic rings. The Balaban J connectivity index is 0.00000264. The number of hydrogen-bond donors (Lipinski definition) is 1. The zero-order chi connectivity index (χ0) is 16.4. The van der Waals surface area contributed by atoms with Crippen LogP contribution >= 0.6 is 23.2 Å². The molecule has 0 radical (unpaired) electrons. The quantitative estimate of drug-likeness (QED) is 0.575. The minimum atomic E-state index is -1.41. The van der Waals surface area contributed by atoms with Gasteiger partial charge in [-0.3, -0.25) is 9.97 Å². The number of aromatic hydroxyl groups is 1. The first-order valence-electron chi connectivity index (χ1n) is 7.32. The molecule has 0 aromatic carbocycles. The van der Waals surface area contributed by atoms with Crippen LogP contribution in [0.1, 0.15) is 27.7 Å². The summed E-state index contributed by atoms with van der Waals surface area (Å²) in [6.07, 6.45) is 2.99. The van der Waals surface area contributed by atoms with Gasteiger partial charge in [-0.1, -0.05) is 50.9 Å². The van der Waals surface area contributed by atoms with Gasteiger partial charge in [0.25, 0.3) is 0 Å². The number of nitrogens with zero attached hydrogens (tertiary/aromatic N) is 2. The fraction of sp³-hybridized carbons (Fsp3) is 0.375. The van der Waals surface area contributed by atoms with Crippen LogP contribution in [0.25, 0.3) is 11.4 Å². The molecule has 0 aliphatic carbocycles. The summed E-state index contributed by atoms with van der Waals surface area (Å²) in [5.41, 5.74) is 2.54. The molecular formula is C16H20Cl2N2OPtSi. The Bertz CT molecular complexity index is 658. The van der Waals surface area contributed by atoms with Gasteiger partial charge in [-0.2, -0.15) is 0 Å². The molecule has 0 unspecified atom stereocenters. The van der Waals surface area contributed by atoms with Gasteiger partial charge >= 0.3 is 0 Å². The summed E-state index contributed by atoms with van der Waals surface area (Å²) in [5, 5.41) is 11.6. The summed E-state index contributed by atoms with van der Waals surface area (Å²) in [6.45, 7) is 8.90. The van der Waals surface area contributed by atoms with Crippen molar-refractivity contribution in [2.75, 3.05) is 0 Å². The molecule has 7 heteroatoms. The summed E-state index contributed by atoms with van der Waals surface area (Å²) in [6, 6.07) is 3.37. The van der Waals surface area contributed by atoms with E-state index < -0.39 is 8.80 Å². The van der Waals surface area contributed by atoms with Crippen molar-refractivity contribution >= 4 is 37.2 Å². The van der Waals surface area contributed by atoms with E-state index in [9.17, 15) is 5.11 Å². The van der Waals surface area contributed by atoms with Crippen molar-refractivity contribution in [2.45, 2.75) is 38.8 Å². The molecule has 2 aromatic heterocycles. The first kappa shape index (κ1) is 20.6. The van der Waals surface area contributed by atoms with Crippen LogP contribution in [0.5, 0.6) is 5.75 Å². The van der Waals surface area contributed by atoms with Gasteiger partial charge < -0.3 is 5.11 Å². The summed E-state index contributed by atoms with van der Waals surface area (Å²) >= 11 is 12.8. The van der Waals surface area contributed by atoms with Crippen LogP contribution in [0.3, 0.4) is 0 Å². The molecule has 3 nitrogen and oxygen atoms in total. The van der Waals surface area contributed by atoms with Gasteiger partial charge in [0.15, 0.2) is 0 Å². The number of rotatable bonds is 4. The maximum atomic E-state index is 9.44. The molecule has 0 saturated heterocycles. The third-order valence-electron chi connectivity index (χ3n) is 3.77. The van der Waals surface area contributed by atoms with E-state index in [0.29, 0.717) is 26.8 Å². The normalized spacial score (nSPS) is 11.2. The Morgan fingerprint density at radius 1 is 1.00 bits per heavy atom. The summed E-state index contributed by atoms with van der Waals surface area (Å²) < 4.78 is 0. The van der Waals surface area contributed by atoms with E-state index in [1.807, 2.05) is 0 Å². The Labute approximate surface area is 163 Å². The molecular weight excluding hydrogens is 530 g/mol. The van der Waals surface area contributed by atoms with Gasteiger partial charge in [0.1, 0.15) is 5.75 Å². The zero-order valence-electron chi connectivity index (χ0n) is 13.5. The molecule has 0 spiro atoms. The molecule has 0 aliphatic rings. The van der Waals surface area contributed by atoms with E-state index in [1.165, 1.54) is 6.20 Å². The van der Waals surface area contributed by atoms with Crippen LogP contribution in [0, 0.1) is 0 Å². The van der Waals surface area contributed by atoms with Crippen LogP contribution < -0.4 is 5.19 Å². The molecule has 23 heavy (non-hydrogen) atoms. The SMILES string of the molecule is CC(C)[SiH](c1c(-c2ccc(O)cn2)ncc(Cl)c1Cl)C(C)C.[Pt]. The van der Waals surface area contributed by atoms with Crippen molar-refractivity contribution in [1.29, 1.82) is 0 Å². The van der Waals surface area contributed by atoms with Crippen molar-refractivity contribution < 1.29 is 26.2 Å². The molecule has 2 heterocycles. The number of pyridine rings is 2. The molecule has 1 N–H and O–H groups in total. The second kappa shape index (κ2) is 8.61. The minimum absolute atomic E-state index is 0. The Hall–Kier alpha value is -0.415. The molecule has 0 bridgehead atoms. The third-order valence-corrected chi connectivity index (χ3v) is 8.84. The first-order chi connectivity index (χ1) is 10.3. The van der Waals surface area contributed by atoms with Crippen molar-refractivity contribution in [3.63, 3.8) is 0 Å². The largest absolute Gasteiger partial charge is 0.506 e. The minimum Gasteiger partial charge on any atom is -0.506 e. The van der Waals surface area contributed by atoms with E-state index in [-0.39, 0.29) is 26.8 Å². The van der Waals surface area contributed by atoms with Gasteiger partial charge in [-0.05, 0) is 28.4 Å². The van der Waals surface area contributed by atoms with Crippen LogP contribution in [0.4, 0.5) is 0 Å². The van der Waals surface area contributed by atoms with Crippen molar-refractivity contribution in [2.24, 2.45) is 0 Å². The van der Waals surface area contributed by atoms with Gasteiger partial charge in [0.2, 0.25) is 0 Å². The predicted molar refractivity (Wildman–Crippen MR) is 96.1 cm³/mol. The fourth-order valence-electron chi connectivity index (χ4n) is 2.95. The van der Waals surface area contributed by atoms with Crippen molar-refractivity contribution in [3.05, 3.63) is 34.6 Å². The van der Waals surface area contributed by atoms with Gasteiger partial charge in [-0.15, -0.1) is 0 Å². The van der Waals surface area contributed by atoms with Crippen LogP contribution in [-0.4, -0.2) is 23.9 Å². The van der Waals surface area contributed by atoms with Crippen LogP contribution in [0.2, 0.25) is 21.1 Å². The smallest absolute Gasteiger partial charge is 0.133 e. The van der Waals surface area contributed by atoms with Gasteiger partial charge in [0, 0.05) is 27.3 Å².